The lowest BCUT2D eigenvalue weighted by Crippen LogP contribution is -2.48. The van der Waals surface area contributed by atoms with Crippen molar-refractivity contribution < 1.29 is 0 Å². The molecule has 0 radical (unpaired) electrons. The number of likely N-dealkylation sites (tertiary alicyclic amines) is 1. The van der Waals surface area contributed by atoms with E-state index in [0.717, 1.165) is 12.5 Å². The van der Waals surface area contributed by atoms with Gasteiger partial charge in [-0.1, -0.05) is 6.92 Å². The predicted molar refractivity (Wildman–Crippen MR) is 59.7 cm³/mol. The van der Waals surface area contributed by atoms with Crippen molar-refractivity contribution in [3.63, 3.8) is 0 Å². The molecule has 2 unspecified atom stereocenters. The summed E-state index contributed by atoms with van der Waals surface area (Å²) in [7, 11) is 2.21. The first-order valence-corrected chi connectivity index (χ1v) is 5.74. The first-order valence-electron chi connectivity index (χ1n) is 5.74. The number of piperidine rings is 1. The molecular formula is C11H21N3. The van der Waals surface area contributed by atoms with Crippen LogP contribution in [0.15, 0.2) is 4.99 Å². The SMILES string of the molecule is CC1CN(C)CCC1NC1=NCCC1. The second-order valence-corrected chi connectivity index (χ2v) is 4.71. The zero-order valence-electron chi connectivity index (χ0n) is 9.29. The minimum Gasteiger partial charge on any atom is -0.371 e. The Morgan fingerprint density at radius 1 is 1.50 bits per heavy atom. The Bertz CT molecular complexity index is 225. The molecule has 3 heteroatoms. The highest BCUT2D eigenvalue weighted by atomic mass is 15.1. The lowest BCUT2D eigenvalue weighted by atomic mass is 9.94. The molecular weight excluding hydrogens is 174 g/mol. The Morgan fingerprint density at radius 3 is 3.00 bits per heavy atom. The molecule has 2 aliphatic rings. The van der Waals surface area contributed by atoms with Crippen LogP contribution < -0.4 is 5.32 Å². The van der Waals surface area contributed by atoms with E-state index in [0.29, 0.717) is 6.04 Å². The summed E-state index contributed by atoms with van der Waals surface area (Å²) in [5.74, 6) is 2.00. The number of rotatable bonds is 1. The Labute approximate surface area is 86.6 Å². The van der Waals surface area contributed by atoms with E-state index in [1.165, 1.54) is 38.2 Å². The number of hydrogen-bond acceptors (Lipinski definition) is 3. The summed E-state index contributed by atoms with van der Waals surface area (Å²) in [6.07, 6.45) is 3.67. The van der Waals surface area contributed by atoms with Crippen LogP contribution in [-0.4, -0.2) is 43.5 Å². The minimum absolute atomic E-state index is 0.656. The summed E-state index contributed by atoms with van der Waals surface area (Å²) in [5, 5.41) is 3.61. The third-order valence-electron chi connectivity index (χ3n) is 3.33. The largest absolute Gasteiger partial charge is 0.371 e. The van der Waals surface area contributed by atoms with Crippen molar-refractivity contribution in [2.24, 2.45) is 10.9 Å². The van der Waals surface area contributed by atoms with E-state index in [1.54, 1.807) is 0 Å². The van der Waals surface area contributed by atoms with Gasteiger partial charge in [-0.3, -0.25) is 4.99 Å². The Balaban J connectivity index is 1.85. The van der Waals surface area contributed by atoms with E-state index in [1.807, 2.05) is 0 Å². The molecule has 2 heterocycles. The fraction of sp³-hybridized carbons (Fsp3) is 0.909. The fourth-order valence-corrected chi connectivity index (χ4v) is 2.44. The van der Waals surface area contributed by atoms with Crippen LogP contribution in [-0.2, 0) is 0 Å². The highest BCUT2D eigenvalue weighted by Gasteiger charge is 2.25. The predicted octanol–water partition coefficient (Wildman–Crippen LogP) is 1.11. The van der Waals surface area contributed by atoms with Crippen molar-refractivity contribution in [1.82, 2.24) is 10.2 Å². The first kappa shape index (κ1) is 9.97. The van der Waals surface area contributed by atoms with Gasteiger partial charge in [-0.2, -0.15) is 0 Å². The zero-order chi connectivity index (χ0) is 9.97. The second-order valence-electron chi connectivity index (χ2n) is 4.71. The molecule has 2 atom stereocenters. The van der Waals surface area contributed by atoms with Crippen LogP contribution >= 0.6 is 0 Å². The molecule has 80 valence electrons. The van der Waals surface area contributed by atoms with Crippen molar-refractivity contribution in [2.45, 2.75) is 32.2 Å². The van der Waals surface area contributed by atoms with E-state index >= 15 is 0 Å². The fourth-order valence-electron chi connectivity index (χ4n) is 2.44. The van der Waals surface area contributed by atoms with Gasteiger partial charge in [-0.25, -0.2) is 0 Å². The van der Waals surface area contributed by atoms with Gasteiger partial charge in [-0.15, -0.1) is 0 Å². The quantitative estimate of drug-likeness (QED) is 0.678. The highest BCUT2D eigenvalue weighted by molar-refractivity contribution is 5.83. The van der Waals surface area contributed by atoms with Crippen LogP contribution in [0.3, 0.4) is 0 Å². The highest BCUT2D eigenvalue weighted by Crippen LogP contribution is 2.16. The minimum atomic E-state index is 0.656. The summed E-state index contributed by atoms with van der Waals surface area (Å²) in [5.41, 5.74) is 0. The maximum Gasteiger partial charge on any atom is 0.0965 e. The van der Waals surface area contributed by atoms with Gasteiger partial charge >= 0.3 is 0 Å². The molecule has 0 aromatic heterocycles. The molecule has 2 rings (SSSR count). The normalized spacial score (nSPS) is 34.3. The molecule has 0 aliphatic carbocycles. The molecule has 1 saturated heterocycles. The van der Waals surface area contributed by atoms with Crippen LogP contribution in [0.4, 0.5) is 0 Å². The molecule has 0 saturated carbocycles. The van der Waals surface area contributed by atoms with Crippen molar-refractivity contribution in [2.75, 3.05) is 26.7 Å². The molecule has 0 amide bonds. The van der Waals surface area contributed by atoms with E-state index < -0.39 is 0 Å². The molecule has 0 aromatic rings. The van der Waals surface area contributed by atoms with Crippen LogP contribution in [0.2, 0.25) is 0 Å². The molecule has 0 spiro atoms. The van der Waals surface area contributed by atoms with Gasteiger partial charge in [-0.05, 0) is 32.4 Å². The van der Waals surface area contributed by atoms with E-state index in [2.05, 4.69) is 29.2 Å². The summed E-state index contributed by atoms with van der Waals surface area (Å²) >= 11 is 0. The van der Waals surface area contributed by atoms with Gasteiger partial charge in [0.2, 0.25) is 0 Å². The first-order chi connectivity index (χ1) is 6.75. The van der Waals surface area contributed by atoms with Crippen molar-refractivity contribution in [3.8, 4) is 0 Å². The molecule has 14 heavy (non-hydrogen) atoms. The summed E-state index contributed by atoms with van der Waals surface area (Å²) < 4.78 is 0. The topological polar surface area (TPSA) is 27.6 Å². The molecule has 1 fully saturated rings. The van der Waals surface area contributed by atoms with Gasteiger partial charge in [0, 0.05) is 25.6 Å². The molecule has 2 aliphatic heterocycles. The van der Waals surface area contributed by atoms with Gasteiger partial charge < -0.3 is 10.2 Å². The zero-order valence-corrected chi connectivity index (χ0v) is 9.29. The summed E-state index contributed by atoms with van der Waals surface area (Å²) in [4.78, 5) is 6.89. The van der Waals surface area contributed by atoms with Crippen LogP contribution in [0.1, 0.15) is 26.2 Å². The average molecular weight is 195 g/mol. The number of amidine groups is 1. The maximum atomic E-state index is 4.48. The molecule has 0 bridgehead atoms. The van der Waals surface area contributed by atoms with Crippen LogP contribution in [0.5, 0.6) is 0 Å². The monoisotopic (exact) mass is 195 g/mol. The van der Waals surface area contributed by atoms with Gasteiger partial charge in [0.25, 0.3) is 0 Å². The number of nitrogens with one attached hydrogen (secondary N) is 1. The van der Waals surface area contributed by atoms with Gasteiger partial charge in [0.05, 0.1) is 5.84 Å². The Morgan fingerprint density at radius 2 is 2.36 bits per heavy atom. The number of nitrogens with zero attached hydrogens (tertiary/aromatic N) is 2. The Kier molecular flexibility index (Phi) is 3.06. The van der Waals surface area contributed by atoms with E-state index in [4.69, 9.17) is 0 Å². The van der Waals surface area contributed by atoms with Gasteiger partial charge in [0.15, 0.2) is 0 Å². The van der Waals surface area contributed by atoms with Crippen LogP contribution in [0, 0.1) is 5.92 Å². The maximum absolute atomic E-state index is 4.48. The van der Waals surface area contributed by atoms with Crippen molar-refractivity contribution >= 4 is 5.84 Å². The smallest absolute Gasteiger partial charge is 0.0965 e. The lowest BCUT2D eigenvalue weighted by molar-refractivity contribution is 0.187. The lowest BCUT2D eigenvalue weighted by Gasteiger charge is -2.35. The number of hydrogen-bond donors (Lipinski definition) is 1. The second kappa shape index (κ2) is 4.30. The van der Waals surface area contributed by atoms with Crippen molar-refractivity contribution in [1.29, 1.82) is 0 Å². The average Bonchev–Trinajstić information content (AvgIpc) is 2.62. The van der Waals surface area contributed by atoms with E-state index in [9.17, 15) is 0 Å². The third kappa shape index (κ3) is 2.27. The molecule has 3 nitrogen and oxygen atoms in total. The van der Waals surface area contributed by atoms with Crippen molar-refractivity contribution in [3.05, 3.63) is 0 Å². The Hall–Kier alpha value is -0.570. The molecule has 1 N–H and O–H groups in total. The summed E-state index contributed by atoms with van der Waals surface area (Å²) in [6.45, 7) is 5.80. The summed E-state index contributed by atoms with van der Waals surface area (Å²) in [6, 6.07) is 0.656. The van der Waals surface area contributed by atoms with E-state index in [-0.39, 0.29) is 0 Å². The third-order valence-corrected chi connectivity index (χ3v) is 3.33. The standard InChI is InChI=1S/C11H21N3/c1-9-8-14(2)7-5-10(9)13-11-4-3-6-12-11/h9-10H,3-8H2,1-2H3,(H,12,13). The van der Waals surface area contributed by atoms with Crippen LogP contribution in [0.25, 0.3) is 0 Å². The molecule has 0 aromatic carbocycles. The number of aliphatic imine (C=N–C) groups is 1. The van der Waals surface area contributed by atoms with Gasteiger partial charge in [0.1, 0.15) is 0 Å².